The van der Waals surface area contributed by atoms with Gasteiger partial charge in [-0.1, -0.05) is 48.5 Å². The summed E-state index contributed by atoms with van der Waals surface area (Å²) < 4.78 is 0. The second kappa shape index (κ2) is 8.14. The highest BCUT2D eigenvalue weighted by Gasteiger charge is 2.26. The van der Waals surface area contributed by atoms with Gasteiger partial charge in [0.2, 0.25) is 0 Å². The molecule has 0 spiro atoms. The van der Waals surface area contributed by atoms with E-state index in [1.54, 1.807) is 0 Å². The molecule has 1 aliphatic carbocycles. The summed E-state index contributed by atoms with van der Waals surface area (Å²) >= 11 is 0. The molecule has 29 heavy (non-hydrogen) atoms. The van der Waals surface area contributed by atoms with Gasteiger partial charge in [0.15, 0.2) is 0 Å². The molecule has 6 heteroatoms. The highest BCUT2D eigenvalue weighted by Crippen LogP contribution is 2.37. The zero-order chi connectivity index (χ0) is 20.2. The molecule has 0 aliphatic heterocycles. The standard InChI is InChI=1S/C23H22N4O2/c24-23(29)26-13-12-25-22(28)20-17-8-4-5-9-19(17)27-21-16(10-11-18(20)21)14-15-6-2-1-3-7-15/h1-9,14H,10-13H2,(H,25,28)(H3,24,26,29)/b16-14-. The number of carbonyl (C=O) groups is 2. The van der Waals surface area contributed by atoms with Gasteiger partial charge < -0.3 is 16.4 Å². The molecule has 0 saturated carbocycles. The highest BCUT2D eigenvalue weighted by atomic mass is 16.2. The first kappa shape index (κ1) is 18.7. The lowest BCUT2D eigenvalue weighted by Gasteiger charge is -2.13. The maximum absolute atomic E-state index is 13.0. The summed E-state index contributed by atoms with van der Waals surface area (Å²) in [4.78, 5) is 28.7. The van der Waals surface area contributed by atoms with Crippen molar-refractivity contribution in [3.05, 3.63) is 77.0 Å². The van der Waals surface area contributed by atoms with E-state index < -0.39 is 6.03 Å². The Kier molecular flexibility index (Phi) is 5.24. The lowest BCUT2D eigenvalue weighted by molar-refractivity contribution is 0.0954. The van der Waals surface area contributed by atoms with Gasteiger partial charge in [-0.3, -0.25) is 4.79 Å². The van der Waals surface area contributed by atoms with Gasteiger partial charge in [-0.05, 0) is 41.7 Å². The number of amides is 3. The molecule has 3 amide bonds. The molecule has 0 radical (unpaired) electrons. The molecule has 146 valence electrons. The Hall–Kier alpha value is -3.67. The molecule has 4 rings (SSSR count). The molecule has 6 nitrogen and oxygen atoms in total. The van der Waals surface area contributed by atoms with Gasteiger partial charge in [0.1, 0.15) is 0 Å². The van der Waals surface area contributed by atoms with Crippen LogP contribution in [-0.2, 0) is 6.42 Å². The molecular weight excluding hydrogens is 364 g/mol. The second-order valence-electron chi connectivity index (χ2n) is 6.96. The predicted octanol–water partition coefficient (Wildman–Crippen LogP) is 3.12. The van der Waals surface area contributed by atoms with Crippen LogP contribution in [-0.4, -0.2) is 30.0 Å². The fourth-order valence-corrected chi connectivity index (χ4v) is 3.74. The number of rotatable bonds is 5. The fraction of sp³-hybridized carbons (Fsp3) is 0.174. The smallest absolute Gasteiger partial charge is 0.312 e. The van der Waals surface area contributed by atoms with Crippen molar-refractivity contribution in [2.24, 2.45) is 5.73 Å². The molecule has 1 aromatic heterocycles. The average molecular weight is 386 g/mol. The van der Waals surface area contributed by atoms with Crippen molar-refractivity contribution in [1.29, 1.82) is 0 Å². The van der Waals surface area contributed by atoms with Gasteiger partial charge in [0.05, 0.1) is 16.8 Å². The maximum atomic E-state index is 13.0. The summed E-state index contributed by atoms with van der Waals surface area (Å²) in [6, 6.07) is 17.2. The number of allylic oxidation sites excluding steroid dienone is 1. The Balaban J connectivity index is 1.72. The molecule has 4 N–H and O–H groups in total. The van der Waals surface area contributed by atoms with Gasteiger partial charge in [-0.25, -0.2) is 9.78 Å². The molecular formula is C23H22N4O2. The van der Waals surface area contributed by atoms with E-state index in [1.165, 1.54) is 0 Å². The molecule has 2 aromatic carbocycles. The number of pyridine rings is 1. The minimum Gasteiger partial charge on any atom is -0.352 e. The highest BCUT2D eigenvalue weighted by molar-refractivity contribution is 6.09. The van der Waals surface area contributed by atoms with Crippen molar-refractivity contribution in [3.8, 4) is 0 Å². The van der Waals surface area contributed by atoms with Crippen molar-refractivity contribution >= 4 is 34.5 Å². The van der Waals surface area contributed by atoms with Crippen molar-refractivity contribution in [2.45, 2.75) is 12.8 Å². The minimum absolute atomic E-state index is 0.160. The van der Waals surface area contributed by atoms with Crippen LogP contribution in [0.2, 0.25) is 0 Å². The summed E-state index contributed by atoms with van der Waals surface area (Å²) in [5.74, 6) is -0.160. The first-order chi connectivity index (χ1) is 14.1. The number of carbonyl (C=O) groups excluding carboxylic acids is 2. The second-order valence-corrected chi connectivity index (χ2v) is 6.96. The summed E-state index contributed by atoms with van der Waals surface area (Å²) in [6.07, 6.45) is 3.76. The topological polar surface area (TPSA) is 97.1 Å². The van der Waals surface area contributed by atoms with Crippen molar-refractivity contribution < 1.29 is 9.59 Å². The van der Waals surface area contributed by atoms with Gasteiger partial charge in [0.25, 0.3) is 5.91 Å². The molecule has 1 aliphatic rings. The van der Waals surface area contributed by atoms with E-state index in [-0.39, 0.29) is 12.5 Å². The lowest BCUT2D eigenvalue weighted by atomic mass is 10.00. The first-order valence-electron chi connectivity index (χ1n) is 9.62. The number of primary amides is 1. The van der Waals surface area contributed by atoms with Crippen LogP contribution in [0.3, 0.4) is 0 Å². The van der Waals surface area contributed by atoms with E-state index in [1.807, 2.05) is 42.5 Å². The SMILES string of the molecule is NC(=O)NCCNC(=O)c1c2c(nc3ccccc13)/C(=C\c1ccccc1)CC2. The number of hydrogen-bond donors (Lipinski definition) is 3. The molecule has 0 bridgehead atoms. The molecule has 3 aromatic rings. The number of nitrogens with two attached hydrogens (primary N) is 1. The number of urea groups is 1. The Morgan fingerprint density at radius 2 is 1.69 bits per heavy atom. The van der Waals surface area contributed by atoms with E-state index in [4.69, 9.17) is 10.7 Å². The van der Waals surface area contributed by atoms with Gasteiger partial charge in [-0.2, -0.15) is 0 Å². The predicted molar refractivity (Wildman–Crippen MR) is 114 cm³/mol. The third-order valence-electron chi connectivity index (χ3n) is 5.02. The summed E-state index contributed by atoms with van der Waals surface area (Å²) in [6.45, 7) is 0.589. The van der Waals surface area contributed by atoms with Crippen molar-refractivity contribution in [1.82, 2.24) is 15.6 Å². The van der Waals surface area contributed by atoms with Crippen molar-refractivity contribution in [2.75, 3.05) is 13.1 Å². The number of nitrogens with zero attached hydrogens (tertiary/aromatic N) is 1. The van der Waals surface area contributed by atoms with Gasteiger partial charge in [0, 0.05) is 18.5 Å². The molecule has 0 saturated heterocycles. The fourth-order valence-electron chi connectivity index (χ4n) is 3.74. The van der Waals surface area contributed by atoms with Crippen LogP contribution in [0.15, 0.2) is 54.6 Å². The van der Waals surface area contributed by atoms with Crippen LogP contribution >= 0.6 is 0 Å². The monoisotopic (exact) mass is 386 g/mol. The average Bonchev–Trinajstić information content (AvgIpc) is 3.12. The number of nitrogens with one attached hydrogen (secondary N) is 2. The Labute approximate surface area is 168 Å². The Morgan fingerprint density at radius 1 is 0.966 bits per heavy atom. The summed E-state index contributed by atoms with van der Waals surface area (Å²) in [5.41, 5.74) is 10.7. The van der Waals surface area contributed by atoms with Crippen LogP contribution in [0.25, 0.3) is 22.6 Å². The largest absolute Gasteiger partial charge is 0.352 e. The Morgan fingerprint density at radius 3 is 2.48 bits per heavy atom. The normalized spacial score (nSPS) is 14.0. The maximum Gasteiger partial charge on any atom is 0.312 e. The zero-order valence-corrected chi connectivity index (χ0v) is 15.9. The van der Waals surface area contributed by atoms with Gasteiger partial charge in [-0.15, -0.1) is 0 Å². The summed E-state index contributed by atoms with van der Waals surface area (Å²) in [5, 5.41) is 6.20. The third kappa shape index (κ3) is 3.96. The van der Waals surface area contributed by atoms with E-state index >= 15 is 0 Å². The van der Waals surface area contributed by atoms with E-state index in [0.29, 0.717) is 12.1 Å². The van der Waals surface area contributed by atoms with E-state index in [2.05, 4.69) is 28.8 Å². The van der Waals surface area contributed by atoms with Crippen LogP contribution in [0.4, 0.5) is 4.79 Å². The zero-order valence-electron chi connectivity index (χ0n) is 15.9. The number of hydrogen-bond acceptors (Lipinski definition) is 3. The third-order valence-corrected chi connectivity index (χ3v) is 5.02. The van der Waals surface area contributed by atoms with E-state index in [0.717, 1.165) is 46.1 Å². The van der Waals surface area contributed by atoms with Crippen molar-refractivity contribution in [3.63, 3.8) is 0 Å². The number of aromatic nitrogens is 1. The number of benzene rings is 2. The number of para-hydroxylation sites is 1. The van der Waals surface area contributed by atoms with Crippen LogP contribution in [0, 0.1) is 0 Å². The Bertz CT molecular complexity index is 1110. The van der Waals surface area contributed by atoms with Gasteiger partial charge >= 0.3 is 6.03 Å². The number of fused-ring (bicyclic) bond motifs is 2. The summed E-state index contributed by atoms with van der Waals surface area (Å²) in [7, 11) is 0. The van der Waals surface area contributed by atoms with Crippen LogP contribution in [0.1, 0.15) is 33.6 Å². The lowest BCUT2D eigenvalue weighted by Crippen LogP contribution is -2.37. The molecule has 1 heterocycles. The first-order valence-corrected chi connectivity index (χ1v) is 9.62. The molecule has 0 unspecified atom stereocenters. The van der Waals surface area contributed by atoms with Crippen LogP contribution < -0.4 is 16.4 Å². The van der Waals surface area contributed by atoms with E-state index in [9.17, 15) is 9.59 Å². The molecule has 0 atom stereocenters. The quantitative estimate of drug-likeness (QED) is 0.588. The minimum atomic E-state index is -0.606. The van der Waals surface area contributed by atoms with Crippen LogP contribution in [0.5, 0.6) is 0 Å². The molecule has 0 fully saturated rings.